The van der Waals surface area contributed by atoms with Gasteiger partial charge in [-0.05, 0) is 45.0 Å². The van der Waals surface area contributed by atoms with Crippen LogP contribution >= 0.6 is 0 Å². The van der Waals surface area contributed by atoms with E-state index >= 15 is 0 Å². The molecule has 0 spiro atoms. The van der Waals surface area contributed by atoms with E-state index in [1.807, 2.05) is 7.05 Å². The van der Waals surface area contributed by atoms with Gasteiger partial charge in [0, 0.05) is 5.69 Å². The average molecular weight is 290 g/mol. The smallest absolute Gasteiger partial charge is 0.192 e. The minimum atomic E-state index is -0.190. The van der Waals surface area contributed by atoms with Crippen LogP contribution in [0.25, 0.3) is 0 Å². The van der Waals surface area contributed by atoms with Crippen LogP contribution in [0.4, 0.5) is 0 Å². The summed E-state index contributed by atoms with van der Waals surface area (Å²) in [6.45, 7) is 1.64. The highest BCUT2D eigenvalue weighted by molar-refractivity contribution is 5.97. The molecule has 0 saturated carbocycles. The topological polar surface area (TPSA) is 95.0 Å². The predicted molar refractivity (Wildman–Crippen MR) is 82.3 cm³/mol. The van der Waals surface area contributed by atoms with Crippen LogP contribution in [-0.4, -0.2) is 46.2 Å². The van der Waals surface area contributed by atoms with Gasteiger partial charge >= 0.3 is 0 Å². The molecule has 0 radical (unpaired) electrons. The molecule has 4 N–H and O–H groups in total. The van der Waals surface area contributed by atoms with Gasteiger partial charge in [0.1, 0.15) is 5.75 Å². The number of amidine groups is 1. The van der Waals surface area contributed by atoms with Gasteiger partial charge in [0.25, 0.3) is 0 Å². The molecule has 0 fully saturated rings. The first kappa shape index (κ1) is 16.8. The van der Waals surface area contributed by atoms with Gasteiger partial charge in [-0.15, -0.1) is 6.42 Å². The van der Waals surface area contributed by atoms with Crippen molar-refractivity contribution in [1.82, 2.24) is 9.88 Å². The van der Waals surface area contributed by atoms with Crippen LogP contribution in [0.3, 0.4) is 0 Å². The molecule has 0 atom stereocenters. The van der Waals surface area contributed by atoms with Crippen molar-refractivity contribution in [3.8, 4) is 18.1 Å². The summed E-state index contributed by atoms with van der Waals surface area (Å²) in [4.78, 5) is 6.31. The molecule has 0 bridgehead atoms. The molecular weight excluding hydrogens is 268 g/mol. The molecule has 0 unspecified atom stereocenters. The summed E-state index contributed by atoms with van der Waals surface area (Å²) in [5, 5.41) is 21.1. The summed E-state index contributed by atoms with van der Waals surface area (Å²) in [6, 6.07) is 3.25. The standard InChI is InChI=1S/C15H22N4O2/c1-3-10-19(2)11-6-4-5-7-12-8-9-13(20)14(17-12)15(16)18-21/h1,8-9,20-21H,4-7,10-11H2,2H3,(H2,16,18). The minimum Gasteiger partial charge on any atom is -0.506 e. The second kappa shape index (κ2) is 8.82. The Kier molecular flexibility index (Phi) is 7.05. The van der Waals surface area contributed by atoms with Crippen LogP contribution in [0.1, 0.15) is 30.7 Å². The second-order valence-electron chi connectivity index (χ2n) is 4.91. The number of nitrogens with two attached hydrogens (primary N) is 1. The van der Waals surface area contributed by atoms with E-state index in [9.17, 15) is 5.11 Å². The summed E-state index contributed by atoms with van der Waals surface area (Å²) in [7, 11) is 2.00. The van der Waals surface area contributed by atoms with E-state index in [1.54, 1.807) is 6.07 Å². The third-order valence-electron chi connectivity index (χ3n) is 3.12. The number of hydrogen-bond acceptors (Lipinski definition) is 5. The average Bonchev–Trinajstić information content (AvgIpc) is 2.48. The van der Waals surface area contributed by atoms with E-state index in [4.69, 9.17) is 17.4 Å². The highest BCUT2D eigenvalue weighted by Crippen LogP contribution is 2.16. The van der Waals surface area contributed by atoms with Gasteiger partial charge in [-0.2, -0.15) is 0 Å². The number of rotatable bonds is 8. The summed E-state index contributed by atoms with van der Waals surface area (Å²) in [6.07, 6.45) is 9.14. The van der Waals surface area contributed by atoms with E-state index in [0.29, 0.717) is 6.54 Å². The molecule has 0 aliphatic carbocycles. The van der Waals surface area contributed by atoms with E-state index in [0.717, 1.165) is 37.9 Å². The van der Waals surface area contributed by atoms with E-state index in [-0.39, 0.29) is 17.3 Å². The summed E-state index contributed by atoms with van der Waals surface area (Å²) >= 11 is 0. The van der Waals surface area contributed by atoms with Crippen molar-refractivity contribution in [2.24, 2.45) is 10.9 Å². The summed E-state index contributed by atoms with van der Waals surface area (Å²) in [5.41, 5.74) is 6.38. The molecule has 21 heavy (non-hydrogen) atoms. The molecule has 1 rings (SSSR count). The molecule has 0 saturated heterocycles. The van der Waals surface area contributed by atoms with Gasteiger partial charge < -0.3 is 16.0 Å². The molecule has 0 aromatic carbocycles. The molecule has 1 heterocycles. The first-order chi connectivity index (χ1) is 10.1. The van der Waals surface area contributed by atoms with Gasteiger partial charge in [0.15, 0.2) is 11.5 Å². The number of pyridine rings is 1. The molecule has 6 heteroatoms. The Balaban J connectivity index is 2.41. The third-order valence-corrected chi connectivity index (χ3v) is 3.12. The van der Waals surface area contributed by atoms with Gasteiger partial charge in [0.2, 0.25) is 0 Å². The number of terminal acetylenes is 1. The lowest BCUT2D eigenvalue weighted by Crippen LogP contribution is -2.19. The van der Waals surface area contributed by atoms with E-state index in [2.05, 4.69) is 21.0 Å². The van der Waals surface area contributed by atoms with Crippen molar-refractivity contribution in [3.63, 3.8) is 0 Å². The zero-order valence-electron chi connectivity index (χ0n) is 12.3. The van der Waals surface area contributed by atoms with Gasteiger partial charge in [-0.25, -0.2) is 4.98 Å². The second-order valence-corrected chi connectivity index (χ2v) is 4.91. The number of nitrogens with zero attached hydrogens (tertiary/aromatic N) is 3. The largest absolute Gasteiger partial charge is 0.506 e. The molecule has 0 aliphatic heterocycles. The van der Waals surface area contributed by atoms with Gasteiger partial charge in [0.05, 0.1) is 6.54 Å². The molecule has 0 amide bonds. The maximum atomic E-state index is 9.60. The SMILES string of the molecule is C#CCN(C)CCCCCc1ccc(O)c(/C(N)=N/O)n1. The van der Waals surface area contributed by atoms with Crippen molar-refractivity contribution in [2.75, 3.05) is 20.1 Å². The molecular formula is C15H22N4O2. The zero-order chi connectivity index (χ0) is 15.7. The predicted octanol–water partition coefficient (Wildman–Crippen LogP) is 1.16. The van der Waals surface area contributed by atoms with Crippen LogP contribution in [0.15, 0.2) is 17.3 Å². The maximum absolute atomic E-state index is 9.60. The Morgan fingerprint density at radius 1 is 1.43 bits per heavy atom. The number of hydrogen-bond donors (Lipinski definition) is 3. The summed E-state index contributed by atoms with van der Waals surface area (Å²) in [5.74, 6) is 2.33. The minimum absolute atomic E-state index is 0.0926. The number of aryl methyl sites for hydroxylation is 1. The number of aromatic hydroxyl groups is 1. The van der Waals surface area contributed by atoms with Crippen LogP contribution in [-0.2, 0) is 6.42 Å². The third kappa shape index (κ3) is 5.71. The van der Waals surface area contributed by atoms with Crippen LogP contribution in [0.2, 0.25) is 0 Å². The monoisotopic (exact) mass is 290 g/mol. The maximum Gasteiger partial charge on any atom is 0.192 e. The van der Waals surface area contributed by atoms with Crippen molar-refractivity contribution < 1.29 is 10.3 Å². The first-order valence-corrected chi connectivity index (χ1v) is 6.87. The van der Waals surface area contributed by atoms with Crippen molar-refractivity contribution >= 4 is 5.84 Å². The Labute approximate surface area is 125 Å². The molecule has 6 nitrogen and oxygen atoms in total. The van der Waals surface area contributed by atoms with Crippen molar-refractivity contribution in [1.29, 1.82) is 0 Å². The lowest BCUT2D eigenvalue weighted by molar-refractivity contribution is 0.318. The quantitative estimate of drug-likeness (QED) is 0.167. The highest BCUT2D eigenvalue weighted by atomic mass is 16.4. The fourth-order valence-electron chi connectivity index (χ4n) is 1.97. The Bertz CT molecular complexity index is 523. The lowest BCUT2D eigenvalue weighted by atomic mass is 10.1. The van der Waals surface area contributed by atoms with Crippen LogP contribution in [0, 0.1) is 12.3 Å². The van der Waals surface area contributed by atoms with Crippen LogP contribution in [0.5, 0.6) is 5.75 Å². The number of oxime groups is 1. The Morgan fingerprint density at radius 3 is 2.86 bits per heavy atom. The van der Waals surface area contributed by atoms with Crippen LogP contribution < -0.4 is 5.73 Å². The summed E-state index contributed by atoms with van der Waals surface area (Å²) < 4.78 is 0. The Morgan fingerprint density at radius 2 is 2.19 bits per heavy atom. The first-order valence-electron chi connectivity index (χ1n) is 6.87. The number of unbranched alkanes of at least 4 members (excludes halogenated alkanes) is 2. The zero-order valence-corrected chi connectivity index (χ0v) is 12.3. The van der Waals surface area contributed by atoms with E-state index in [1.165, 1.54) is 6.07 Å². The molecule has 0 aliphatic rings. The fourth-order valence-corrected chi connectivity index (χ4v) is 1.97. The lowest BCUT2D eigenvalue weighted by Gasteiger charge is -2.12. The van der Waals surface area contributed by atoms with E-state index < -0.39 is 0 Å². The van der Waals surface area contributed by atoms with Gasteiger partial charge in [-0.1, -0.05) is 17.5 Å². The van der Waals surface area contributed by atoms with Gasteiger partial charge in [-0.3, -0.25) is 4.90 Å². The Hall–Kier alpha value is -2.26. The number of aromatic nitrogens is 1. The van der Waals surface area contributed by atoms with Crippen molar-refractivity contribution in [2.45, 2.75) is 25.7 Å². The normalized spacial score (nSPS) is 11.6. The van der Waals surface area contributed by atoms with Crippen molar-refractivity contribution in [3.05, 3.63) is 23.5 Å². The highest BCUT2D eigenvalue weighted by Gasteiger charge is 2.09. The fraction of sp³-hybridized carbons (Fsp3) is 0.467. The molecule has 1 aromatic heterocycles. The molecule has 1 aromatic rings. The molecule has 114 valence electrons.